The van der Waals surface area contributed by atoms with E-state index in [2.05, 4.69) is 34.4 Å². The average Bonchev–Trinajstić information content (AvgIpc) is 3.20. The molecule has 2 fully saturated rings. The highest BCUT2D eigenvalue weighted by Gasteiger charge is 2.36. The van der Waals surface area contributed by atoms with Gasteiger partial charge in [-0.15, -0.1) is 11.3 Å². The highest BCUT2D eigenvalue weighted by molar-refractivity contribution is 7.18. The molecule has 5 rings (SSSR count). The van der Waals surface area contributed by atoms with Gasteiger partial charge in [-0.05, 0) is 56.5 Å². The highest BCUT2D eigenvalue weighted by atomic mass is 32.1. The van der Waals surface area contributed by atoms with Gasteiger partial charge in [0.05, 0.1) is 21.4 Å². The fraction of sp³-hybridized carbons (Fsp3) is 0.500. The van der Waals surface area contributed by atoms with Gasteiger partial charge in [0.15, 0.2) is 0 Å². The molecule has 0 amide bonds. The van der Waals surface area contributed by atoms with Crippen LogP contribution in [0.3, 0.4) is 0 Å². The lowest BCUT2D eigenvalue weighted by Crippen LogP contribution is -2.46. The van der Waals surface area contributed by atoms with E-state index >= 15 is 0 Å². The molecular weight excluding hydrogens is 327 g/mol. The number of aryl methyl sites for hydroxylation is 1. The Morgan fingerprint density at radius 1 is 1.08 bits per heavy atom. The number of hydrogen-bond donors (Lipinski definition) is 0. The Kier molecular flexibility index (Phi) is 3.86. The number of hydrogen-bond acceptors (Lipinski definition) is 4. The van der Waals surface area contributed by atoms with E-state index in [9.17, 15) is 0 Å². The molecule has 4 nitrogen and oxygen atoms in total. The van der Waals surface area contributed by atoms with Gasteiger partial charge in [-0.1, -0.05) is 12.5 Å². The molecule has 1 aliphatic heterocycles. The third kappa shape index (κ3) is 2.89. The monoisotopic (exact) mass is 351 g/mol. The zero-order valence-electron chi connectivity index (χ0n) is 14.7. The number of piperidine rings is 1. The standard InChI is InChI=1S/C20H24N4S/c1-23-13-16(12-21-23)14-5-6-18-19(11-14)25-20(22-18)15-9-17(10-15)24-7-3-2-4-8-24/h5-6,11-13,15,17H,2-4,7-10H2,1H3/i1-1. The molecule has 2 aromatic heterocycles. The molecule has 3 heterocycles. The van der Waals surface area contributed by atoms with E-state index in [1.54, 1.807) is 0 Å². The van der Waals surface area contributed by atoms with Gasteiger partial charge in [0, 0.05) is 30.8 Å². The number of nitrogens with zero attached hydrogens (tertiary/aromatic N) is 4. The van der Waals surface area contributed by atoms with Gasteiger partial charge in [-0.2, -0.15) is 5.10 Å². The molecule has 0 spiro atoms. The van der Waals surface area contributed by atoms with Crippen LogP contribution in [0.25, 0.3) is 21.3 Å². The lowest BCUT2D eigenvalue weighted by atomic mass is 9.79. The summed E-state index contributed by atoms with van der Waals surface area (Å²) in [4.78, 5) is 7.65. The molecule has 0 radical (unpaired) electrons. The summed E-state index contributed by atoms with van der Waals surface area (Å²) in [5, 5.41) is 5.62. The van der Waals surface area contributed by atoms with Crippen molar-refractivity contribution in [1.29, 1.82) is 0 Å². The van der Waals surface area contributed by atoms with Crippen LogP contribution in [-0.4, -0.2) is 38.8 Å². The molecule has 2 aliphatic rings. The topological polar surface area (TPSA) is 34.0 Å². The van der Waals surface area contributed by atoms with Crippen molar-refractivity contribution in [2.45, 2.75) is 44.1 Å². The maximum absolute atomic E-state index is 4.93. The van der Waals surface area contributed by atoms with Crippen molar-refractivity contribution in [2.75, 3.05) is 13.1 Å². The van der Waals surface area contributed by atoms with Crippen LogP contribution in [0.2, 0.25) is 0 Å². The summed E-state index contributed by atoms with van der Waals surface area (Å²) in [6.07, 6.45) is 10.8. The van der Waals surface area contributed by atoms with Crippen molar-refractivity contribution in [2.24, 2.45) is 7.05 Å². The van der Waals surface area contributed by atoms with E-state index in [1.807, 2.05) is 29.3 Å². The van der Waals surface area contributed by atoms with Gasteiger partial charge in [0.1, 0.15) is 0 Å². The Morgan fingerprint density at radius 3 is 2.68 bits per heavy atom. The molecule has 0 unspecified atom stereocenters. The van der Waals surface area contributed by atoms with Crippen LogP contribution in [0.5, 0.6) is 0 Å². The number of fused-ring (bicyclic) bond motifs is 1. The zero-order valence-corrected chi connectivity index (χ0v) is 15.5. The molecule has 25 heavy (non-hydrogen) atoms. The Labute approximate surface area is 152 Å². The highest BCUT2D eigenvalue weighted by Crippen LogP contribution is 2.43. The molecule has 3 aromatic rings. The fourth-order valence-electron chi connectivity index (χ4n) is 4.24. The smallest absolute Gasteiger partial charge is 0.0970 e. The van der Waals surface area contributed by atoms with Gasteiger partial charge >= 0.3 is 0 Å². The SMILES string of the molecule is [11CH3]n1cc(-c2ccc3nc(C4CC(N5CCCCC5)C4)sc3c2)cn1. The lowest BCUT2D eigenvalue weighted by molar-refractivity contribution is 0.0888. The predicted molar refractivity (Wildman–Crippen MR) is 103 cm³/mol. The van der Waals surface area contributed by atoms with Crippen LogP contribution < -0.4 is 0 Å². The minimum atomic E-state index is 0.672. The van der Waals surface area contributed by atoms with E-state index in [-0.39, 0.29) is 0 Å². The van der Waals surface area contributed by atoms with Crippen molar-refractivity contribution in [3.05, 3.63) is 35.6 Å². The molecule has 1 aliphatic carbocycles. The summed E-state index contributed by atoms with van der Waals surface area (Å²) in [5.41, 5.74) is 3.55. The Hall–Kier alpha value is -1.72. The van der Waals surface area contributed by atoms with E-state index in [0.717, 1.165) is 11.6 Å². The Bertz CT molecular complexity index is 884. The Morgan fingerprint density at radius 2 is 1.92 bits per heavy atom. The lowest BCUT2D eigenvalue weighted by Gasteiger charge is -2.43. The molecule has 1 saturated heterocycles. The second kappa shape index (κ2) is 6.22. The molecule has 1 aromatic carbocycles. The first kappa shape index (κ1) is 15.5. The van der Waals surface area contributed by atoms with Gasteiger partial charge < -0.3 is 4.90 Å². The maximum Gasteiger partial charge on any atom is 0.0970 e. The van der Waals surface area contributed by atoms with Crippen molar-refractivity contribution in [3.8, 4) is 11.1 Å². The van der Waals surface area contributed by atoms with Gasteiger partial charge in [0.2, 0.25) is 0 Å². The number of likely N-dealkylation sites (tertiary alicyclic amines) is 1. The van der Waals surface area contributed by atoms with Crippen molar-refractivity contribution >= 4 is 21.6 Å². The summed E-state index contributed by atoms with van der Waals surface area (Å²) >= 11 is 1.89. The summed E-state index contributed by atoms with van der Waals surface area (Å²) < 4.78 is 3.16. The third-order valence-corrected chi connectivity index (χ3v) is 6.99. The molecule has 0 N–H and O–H groups in total. The first-order valence-electron chi connectivity index (χ1n) is 9.40. The quantitative estimate of drug-likeness (QED) is 0.700. The van der Waals surface area contributed by atoms with Crippen LogP contribution in [0, 0.1) is 0 Å². The number of benzene rings is 1. The minimum Gasteiger partial charge on any atom is -0.300 e. The normalized spacial score (nSPS) is 24.5. The van der Waals surface area contributed by atoms with Crippen LogP contribution >= 0.6 is 11.3 Å². The van der Waals surface area contributed by atoms with Gasteiger partial charge in [-0.3, -0.25) is 4.68 Å². The van der Waals surface area contributed by atoms with Crippen molar-refractivity contribution in [3.63, 3.8) is 0 Å². The number of rotatable bonds is 3. The van der Waals surface area contributed by atoms with E-state index in [0.29, 0.717) is 5.92 Å². The van der Waals surface area contributed by atoms with Crippen molar-refractivity contribution in [1.82, 2.24) is 19.7 Å². The predicted octanol–water partition coefficient (Wildman–Crippen LogP) is 4.43. The fourth-order valence-corrected chi connectivity index (χ4v) is 5.37. The largest absolute Gasteiger partial charge is 0.300 e. The zero-order chi connectivity index (χ0) is 16.8. The summed E-state index contributed by atoms with van der Waals surface area (Å²) in [5.74, 6) is 0.672. The molecule has 5 heteroatoms. The molecule has 0 bridgehead atoms. The first-order valence-corrected chi connectivity index (χ1v) is 10.2. The van der Waals surface area contributed by atoms with E-state index < -0.39 is 0 Å². The van der Waals surface area contributed by atoms with Crippen LogP contribution in [0.4, 0.5) is 0 Å². The summed E-state index contributed by atoms with van der Waals surface area (Å²) in [6.45, 7) is 2.62. The second-order valence-corrected chi connectivity index (χ2v) is 8.62. The van der Waals surface area contributed by atoms with Crippen molar-refractivity contribution < 1.29 is 0 Å². The van der Waals surface area contributed by atoms with E-state index in [4.69, 9.17) is 4.98 Å². The Balaban J connectivity index is 1.33. The average molecular weight is 352 g/mol. The van der Waals surface area contributed by atoms with Gasteiger partial charge in [0.25, 0.3) is 0 Å². The van der Waals surface area contributed by atoms with E-state index in [1.165, 1.54) is 66.0 Å². The molecular formula is C20H24N4S. The maximum atomic E-state index is 4.93. The van der Waals surface area contributed by atoms with Crippen LogP contribution in [0.15, 0.2) is 30.6 Å². The number of aromatic nitrogens is 3. The first-order chi connectivity index (χ1) is 12.3. The minimum absolute atomic E-state index is 0.672. The van der Waals surface area contributed by atoms with Gasteiger partial charge in [-0.25, -0.2) is 4.98 Å². The molecule has 0 atom stereocenters. The van der Waals surface area contributed by atoms with Crippen LogP contribution in [-0.2, 0) is 7.05 Å². The number of thiazole rings is 1. The second-order valence-electron chi connectivity index (χ2n) is 7.56. The van der Waals surface area contributed by atoms with Crippen LogP contribution in [0.1, 0.15) is 43.0 Å². The molecule has 1 saturated carbocycles. The summed E-state index contributed by atoms with van der Waals surface area (Å²) in [7, 11) is 1.96. The molecule has 130 valence electrons. The third-order valence-electron chi connectivity index (χ3n) is 5.81. The summed E-state index contributed by atoms with van der Waals surface area (Å²) in [6, 6.07) is 7.41.